The van der Waals surface area contributed by atoms with Crippen molar-refractivity contribution in [1.29, 1.82) is 0 Å². The van der Waals surface area contributed by atoms with Gasteiger partial charge in [-0.1, -0.05) is 32.6 Å². The highest BCUT2D eigenvalue weighted by Gasteiger charge is 2.13. The highest BCUT2D eigenvalue weighted by molar-refractivity contribution is 5.46. The molecule has 0 amide bonds. The number of benzene rings is 1. The van der Waals surface area contributed by atoms with Gasteiger partial charge in [-0.2, -0.15) is 0 Å². The van der Waals surface area contributed by atoms with E-state index in [1.165, 1.54) is 38.5 Å². The van der Waals surface area contributed by atoms with E-state index < -0.39 is 0 Å². The van der Waals surface area contributed by atoms with Crippen molar-refractivity contribution in [2.75, 3.05) is 38.2 Å². The van der Waals surface area contributed by atoms with Crippen LogP contribution in [0.4, 0.5) is 5.69 Å². The largest absolute Gasteiger partial charge is 0.494 e. The third-order valence-corrected chi connectivity index (χ3v) is 4.40. The predicted molar refractivity (Wildman–Crippen MR) is 101 cm³/mol. The first kappa shape index (κ1) is 19.1. The molecule has 1 unspecified atom stereocenters. The number of anilines is 1. The van der Waals surface area contributed by atoms with Crippen LogP contribution in [0.3, 0.4) is 0 Å². The van der Waals surface area contributed by atoms with Crippen LogP contribution in [0.1, 0.15) is 51.9 Å². The van der Waals surface area contributed by atoms with Crippen LogP contribution in [-0.2, 0) is 4.74 Å². The second kappa shape index (κ2) is 12.2. The summed E-state index contributed by atoms with van der Waals surface area (Å²) in [5.41, 5.74) is 1.14. The number of rotatable bonds is 13. The summed E-state index contributed by atoms with van der Waals surface area (Å²) >= 11 is 0. The Kier molecular flexibility index (Phi) is 9.66. The van der Waals surface area contributed by atoms with Gasteiger partial charge in [0.1, 0.15) is 5.75 Å². The van der Waals surface area contributed by atoms with E-state index in [2.05, 4.69) is 29.7 Å². The molecule has 1 aliphatic rings. The van der Waals surface area contributed by atoms with Gasteiger partial charge in [-0.3, -0.25) is 0 Å². The van der Waals surface area contributed by atoms with E-state index in [1.54, 1.807) is 0 Å². The molecule has 136 valence electrons. The Bertz CT molecular complexity index is 416. The molecule has 0 aromatic heterocycles. The highest BCUT2D eigenvalue weighted by Crippen LogP contribution is 2.16. The smallest absolute Gasteiger partial charge is 0.119 e. The number of hydrogen-bond acceptors (Lipinski definition) is 4. The monoisotopic (exact) mass is 334 g/mol. The van der Waals surface area contributed by atoms with Crippen LogP contribution < -0.4 is 15.4 Å². The van der Waals surface area contributed by atoms with Crippen LogP contribution in [0.2, 0.25) is 0 Å². The van der Waals surface area contributed by atoms with Crippen molar-refractivity contribution in [1.82, 2.24) is 5.32 Å². The molecule has 1 aliphatic heterocycles. The molecule has 2 N–H and O–H groups in total. The zero-order chi connectivity index (χ0) is 16.9. The van der Waals surface area contributed by atoms with E-state index in [9.17, 15) is 0 Å². The third-order valence-electron chi connectivity index (χ3n) is 4.40. The van der Waals surface area contributed by atoms with Crippen molar-refractivity contribution in [3.05, 3.63) is 24.3 Å². The zero-order valence-electron chi connectivity index (χ0n) is 15.2. The lowest BCUT2D eigenvalue weighted by molar-refractivity contribution is 0.110. The summed E-state index contributed by atoms with van der Waals surface area (Å²) in [5.74, 6) is 0.965. The summed E-state index contributed by atoms with van der Waals surface area (Å²) in [5, 5.41) is 6.87. The van der Waals surface area contributed by atoms with Crippen molar-refractivity contribution in [2.45, 2.75) is 58.0 Å². The number of unbranched alkanes of at least 4 members (excludes halogenated alkanes) is 4. The van der Waals surface area contributed by atoms with E-state index in [1.807, 2.05) is 12.1 Å². The van der Waals surface area contributed by atoms with Crippen molar-refractivity contribution in [3.8, 4) is 5.75 Å². The molecule has 1 aromatic carbocycles. The molecule has 0 spiro atoms. The Hall–Kier alpha value is -1.26. The molecule has 24 heavy (non-hydrogen) atoms. The van der Waals surface area contributed by atoms with Gasteiger partial charge >= 0.3 is 0 Å². The third kappa shape index (κ3) is 8.02. The van der Waals surface area contributed by atoms with Gasteiger partial charge < -0.3 is 20.1 Å². The summed E-state index contributed by atoms with van der Waals surface area (Å²) in [6.45, 7) is 6.83. The molecule has 0 aliphatic carbocycles. The molecule has 1 saturated heterocycles. The number of nitrogens with one attached hydrogen (secondary N) is 2. The Morgan fingerprint density at radius 1 is 1.08 bits per heavy atom. The van der Waals surface area contributed by atoms with Gasteiger partial charge in [0.25, 0.3) is 0 Å². The van der Waals surface area contributed by atoms with Gasteiger partial charge in [0.2, 0.25) is 0 Å². The lowest BCUT2D eigenvalue weighted by Gasteiger charge is -2.12. The lowest BCUT2D eigenvalue weighted by Crippen LogP contribution is -2.30. The molecule has 1 fully saturated rings. The highest BCUT2D eigenvalue weighted by atomic mass is 16.5. The molecule has 0 saturated carbocycles. The first-order chi connectivity index (χ1) is 11.9. The van der Waals surface area contributed by atoms with E-state index in [0.717, 1.165) is 50.7 Å². The molecular formula is C20H34N2O2. The van der Waals surface area contributed by atoms with Crippen molar-refractivity contribution < 1.29 is 9.47 Å². The molecule has 1 heterocycles. The Balaban J connectivity index is 1.50. The molecule has 0 radical (unpaired) electrons. The average molecular weight is 335 g/mol. The SMILES string of the molecule is CCCCCCCOc1ccc(NCCNCC2CCCO2)cc1. The van der Waals surface area contributed by atoms with Crippen LogP contribution in [0.25, 0.3) is 0 Å². The van der Waals surface area contributed by atoms with E-state index in [0.29, 0.717) is 6.10 Å². The average Bonchev–Trinajstić information content (AvgIpc) is 3.12. The van der Waals surface area contributed by atoms with Gasteiger partial charge in [-0.05, 0) is 43.5 Å². The van der Waals surface area contributed by atoms with Crippen LogP contribution in [0.15, 0.2) is 24.3 Å². The fourth-order valence-corrected chi connectivity index (χ4v) is 2.93. The van der Waals surface area contributed by atoms with E-state index in [4.69, 9.17) is 9.47 Å². The van der Waals surface area contributed by atoms with Gasteiger partial charge in [-0.25, -0.2) is 0 Å². The van der Waals surface area contributed by atoms with Crippen LogP contribution in [-0.4, -0.2) is 39.0 Å². The normalized spacial score (nSPS) is 17.1. The minimum absolute atomic E-state index is 0.420. The maximum atomic E-state index is 5.79. The summed E-state index contributed by atoms with van der Waals surface area (Å²) in [7, 11) is 0. The predicted octanol–water partition coefficient (Wildman–Crippen LogP) is 4.22. The molecule has 1 atom stereocenters. The standard InChI is InChI=1S/C20H34N2O2/c1-2-3-4-5-6-15-23-19-11-9-18(10-12-19)22-14-13-21-17-20-8-7-16-24-20/h9-12,20-22H,2-8,13-17H2,1H3. The minimum atomic E-state index is 0.420. The topological polar surface area (TPSA) is 42.5 Å². The fourth-order valence-electron chi connectivity index (χ4n) is 2.93. The molecule has 4 nitrogen and oxygen atoms in total. The Morgan fingerprint density at radius 2 is 1.92 bits per heavy atom. The van der Waals surface area contributed by atoms with E-state index >= 15 is 0 Å². The lowest BCUT2D eigenvalue weighted by atomic mass is 10.2. The molecule has 2 rings (SSSR count). The van der Waals surface area contributed by atoms with Gasteiger partial charge in [0.15, 0.2) is 0 Å². The molecule has 1 aromatic rings. The summed E-state index contributed by atoms with van der Waals surface area (Å²) < 4.78 is 11.4. The van der Waals surface area contributed by atoms with E-state index in [-0.39, 0.29) is 0 Å². The van der Waals surface area contributed by atoms with Crippen LogP contribution in [0.5, 0.6) is 5.75 Å². The second-order valence-electron chi connectivity index (χ2n) is 6.55. The van der Waals surface area contributed by atoms with Gasteiger partial charge in [0, 0.05) is 31.9 Å². The van der Waals surface area contributed by atoms with Gasteiger partial charge in [0.05, 0.1) is 12.7 Å². The quantitative estimate of drug-likeness (QED) is 0.530. The summed E-state index contributed by atoms with van der Waals surface area (Å²) in [6.07, 6.45) is 9.19. The van der Waals surface area contributed by atoms with Crippen molar-refractivity contribution in [2.24, 2.45) is 0 Å². The maximum Gasteiger partial charge on any atom is 0.119 e. The molecular weight excluding hydrogens is 300 g/mol. The van der Waals surface area contributed by atoms with Crippen molar-refractivity contribution in [3.63, 3.8) is 0 Å². The zero-order valence-corrected chi connectivity index (χ0v) is 15.2. The van der Waals surface area contributed by atoms with Crippen LogP contribution in [0, 0.1) is 0 Å². The Morgan fingerprint density at radius 3 is 2.67 bits per heavy atom. The minimum Gasteiger partial charge on any atom is -0.494 e. The first-order valence-electron chi connectivity index (χ1n) is 9.67. The summed E-state index contributed by atoms with van der Waals surface area (Å²) in [6, 6.07) is 8.28. The molecule has 4 heteroatoms. The molecule has 0 bridgehead atoms. The number of ether oxygens (including phenoxy) is 2. The first-order valence-corrected chi connectivity index (χ1v) is 9.67. The number of hydrogen-bond donors (Lipinski definition) is 2. The summed E-state index contributed by atoms with van der Waals surface area (Å²) in [4.78, 5) is 0. The van der Waals surface area contributed by atoms with Crippen LogP contribution >= 0.6 is 0 Å². The fraction of sp³-hybridized carbons (Fsp3) is 0.700. The van der Waals surface area contributed by atoms with Gasteiger partial charge in [-0.15, -0.1) is 0 Å². The maximum absolute atomic E-state index is 5.79. The van der Waals surface area contributed by atoms with Crippen molar-refractivity contribution >= 4 is 5.69 Å². The Labute approximate surface area is 147 Å². The second-order valence-corrected chi connectivity index (χ2v) is 6.55.